The topological polar surface area (TPSA) is 12.0 Å². The summed E-state index contributed by atoms with van der Waals surface area (Å²) < 4.78 is 13.4. The molecule has 0 saturated carbocycles. The maximum atomic E-state index is 12.9. The lowest BCUT2D eigenvalue weighted by atomic mass is 10.0. The summed E-state index contributed by atoms with van der Waals surface area (Å²) >= 11 is 3.14. The molecular formula is C11H11BrFN. The maximum absolute atomic E-state index is 12.9. The summed E-state index contributed by atoms with van der Waals surface area (Å²) in [6.45, 7) is 0. The first-order valence-electron chi connectivity index (χ1n) is 4.24. The second kappa shape index (κ2) is 5.14. The molecule has 1 aromatic rings. The van der Waals surface area contributed by atoms with Gasteiger partial charge in [0.15, 0.2) is 0 Å². The minimum atomic E-state index is -0.260. The van der Waals surface area contributed by atoms with Crippen molar-refractivity contribution in [1.29, 1.82) is 0 Å². The third-order valence-corrected chi connectivity index (χ3v) is 2.62. The van der Waals surface area contributed by atoms with E-state index >= 15 is 0 Å². The van der Waals surface area contributed by atoms with Gasteiger partial charge in [-0.05, 0) is 40.7 Å². The lowest BCUT2D eigenvalue weighted by Gasteiger charge is -2.13. The van der Waals surface area contributed by atoms with Gasteiger partial charge in [0.05, 0.1) is 4.47 Å². The highest BCUT2D eigenvalue weighted by atomic mass is 79.9. The van der Waals surface area contributed by atoms with Gasteiger partial charge in [0, 0.05) is 12.5 Å². The van der Waals surface area contributed by atoms with Crippen molar-refractivity contribution in [1.82, 2.24) is 5.32 Å². The average molecular weight is 256 g/mol. The molecule has 1 N–H and O–H groups in total. The van der Waals surface area contributed by atoms with Crippen LogP contribution in [0.2, 0.25) is 0 Å². The number of hydrogen-bond donors (Lipinski definition) is 1. The van der Waals surface area contributed by atoms with Crippen molar-refractivity contribution < 1.29 is 4.39 Å². The molecule has 1 rings (SSSR count). The molecule has 1 aromatic carbocycles. The van der Waals surface area contributed by atoms with Crippen molar-refractivity contribution in [2.75, 3.05) is 7.05 Å². The Bertz CT molecular complexity index is 357. The summed E-state index contributed by atoms with van der Waals surface area (Å²) in [7, 11) is 1.83. The van der Waals surface area contributed by atoms with Crippen LogP contribution in [0, 0.1) is 18.2 Å². The quantitative estimate of drug-likeness (QED) is 0.820. The fraction of sp³-hybridized carbons (Fsp3) is 0.273. The summed E-state index contributed by atoms with van der Waals surface area (Å²) in [5.74, 6) is 2.32. The number of hydrogen-bond acceptors (Lipinski definition) is 1. The predicted octanol–water partition coefficient (Wildman–Crippen LogP) is 2.87. The van der Waals surface area contributed by atoms with Gasteiger partial charge in [-0.2, -0.15) is 0 Å². The third-order valence-electron chi connectivity index (χ3n) is 2.02. The molecule has 0 heterocycles. The summed E-state index contributed by atoms with van der Waals surface area (Å²) in [5.41, 5.74) is 0.985. The van der Waals surface area contributed by atoms with Crippen LogP contribution in [0.3, 0.4) is 0 Å². The minimum absolute atomic E-state index is 0.0805. The van der Waals surface area contributed by atoms with Gasteiger partial charge in [-0.25, -0.2) is 4.39 Å². The Kier molecular flexibility index (Phi) is 4.12. The smallest absolute Gasteiger partial charge is 0.137 e. The van der Waals surface area contributed by atoms with E-state index in [2.05, 4.69) is 27.2 Å². The highest BCUT2D eigenvalue weighted by Gasteiger charge is 2.09. The van der Waals surface area contributed by atoms with Crippen LogP contribution in [-0.4, -0.2) is 7.05 Å². The van der Waals surface area contributed by atoms with Crippen LogP contribution >= 0.6 is 15.9 Å². The zero-order chi connectivity index (χ0) is 10.6. The predicted molar refractivity (Wildman–Crippen MR) is 59.4 cm³/mol. The van der Waals surface area contributed by atoms with Gasteiger partial charge in [-0.1, -0.05) is 6.07 Å². The van der Waals surface area contributed by atoms with E-state index in [-0.39, 0.29) is 11.9 Å². The van der Waals surface area contributed by atoms with Gasteiger partial charge in [0.1, 0.15) is 5.82 Å². The van der Waals surface area contributed by atoms with Crippen molar-refractivity contribution in [3.8, 4) is 12.3 Å². The Morgan fingerprint density at radius 1 is 1.64 bits per heavy atom. The minimum Gasteiger partial charge on any atom is -0.312 e. The van der Waals surface area contributed by atoms with Crippen LogP contribution in [-0.2, 0) is 0 Å². The monoisotopic (exact) mass is 255 g/mol. The largest absolute Gasteiger partial charge is 0.312 e. The Morgan fingerprint density at radius 3 is 2.86 bits per heavy atom. The second-order valence-electron chi connectivity index (χ2n) is 2.92. The van der Waals surface area contributed by atoms with E-state index in [9.17, 15) is 4.39 Å². The molecule has 0 aliphatic rings. The van der Waals surface area contributed by atoms with Crippen molar-refractivity contribution in [2.45, 2.75) is 12.5 Å². The number of halogens is 2. The van der Waals surface area contributed by atoms with Crippen molar-refractivity contribution in [2.24, 2.45) is 0 Å². The molecule has 0 fully saturated rings. The molecule has 0 aliphatic carbocycles. The number of rotatable bonds is 3. The molecule has 14 heavy (non-hydrogen) atoms. The van der Waals surface area contributed by atoms with Crippen molar-refractivity contribution in [3.05, 3.63) is 34.1 Å². The summed E-state index contributed by atoms with van der Waals surface area (Å²) in [5, 5.41) is 3.08. The van der Waals surface area contributed by atoms with E-state index in [1.54, 1.807) is 12.1 Å². The molecule has 1 nitrogen and oxygen atoms in total. The van der Waals surface area contributed by atoms with Gasteiger partial charge >= 0.3 is 0 Å². The normalized spacial score (nSPS) is 12.1. The Balaban J connectivity index is 2.95. The summed E-state index contributed by atoms with van der Waals surface area (Å²) in [6.07, 6.45) is 5.83. The molecule has 0 radical (unpaired) electrons. The zero-order valence-electron chi connectivity index (χ0n) is 7.85. The van der Waals surface area contributed by atoms with Crippen LogP contribution in [0.1, 0.15) is 18.0 Å². The fourth-order valence-corrected chi connectivity index (χ4v) is 1.63. The molecule has 0 aliphatic heterocycles. The van der Waals surface area contributed by atoms with Crippen LogP contribution in [0.5, 0.6) is 0 Å². The van der Waals surface area contributed by atoms with Gasteiger partial charge in [-0.15, -0.1) is 12.3 Å². The standard InChI is InChI=1S/C11H11BrFN/c1-3-4-11(14-2)8-5-6-10(13)9(12)7-8/h1,5-7,11,14H,4H2,2H3. The summed E-state index contributed by atoms with van der Waals surface area (Å²) in [4.78, 5) is 0. The molecule has 0 saturated heterocycles. The highest BCUT2D eigenvalue weighted by molar-refractivity contribution is 9.10. The van der Waals surface area contributed by atoms with E-state index in [1.165, 1.54) is 6.07 Å². The van der Waals surface area contributed by atoms with E-state index in [1.807, 2.05) is 7.05 Å². The first kappa shape index (κ1) is 11.2. The van der Waals surface area contributed by atoms with Crippen LogP contribution < -0.4 is 5.32 Å². The van der Waals surface area contributed by atoms with Gasteiger partial charge in [-0.3, -0.25) is 0 Å². The molecule has 74 valence electrons. The Morgan fingerprint density at radius 2 is 2.36 bits per heavy atom. The van der Waals surface area contributed by atoms with E-state index in [0.717, 1.165) is 5.56 Å². The van der Waals surface area contributed by atoms with E-state index in [4.69, 9.17) is 6.42 Å². The number of terminal acetylenes is 1. The number of nitrogens with one attached hydrogen (secondary N) is 1. The van der Waals surface area contributed by atoms with Crippen LogP contribution in [0.25, 0.3) is 0 Å². The third kappa shape index (κ3) is 2.57. The van der Waals surface area contributed by atoms with Crippen LogP contribution in [0.15, 0.2) is 22.7 Å². The molecule has 3 heteroatoms. The first-order chi connectivity index (χ1) is 6.69. The summed E-state index contributed by atoms with van der Waals surface area (Å²) in [6, 6.07) is 4.99. The average Bonchev–Trinajstić information content (AvgIpc) is 2.19. The molecular weight excluding hydrogens is 245 g/mol. The molecule has 0 bridgehead atoms. The molecule has 0 spiro atoms. The Hall–Kier alpha value is -0.850. The lowest BCUT2D eigenvalue weighted by Crippen LogP contribution is -2.15. The second-order valence-corrected chi connectivity index (χ2v) is 3.78. The first-order valence-corrected chi connectivity index (χ1v) is 5.04. The number of benzene rings is 1. The molecule has 0 amide bonds. The van der Waals surface area contributed by atoms with Gasteiger partial charge in [0.2, 0.25) is 0 Å². The molecule has 0 aromatic heterocycles. The van der Waals surface area contributed by atoms with Gasteiger partial charge in [0.25, 0.3) is 0 Å². The van der Waals surface area contributed by atoms with Crippen LogP contribution in [0.4, 0.5) is 4.39 Å². The highest BCUT2D eigenvalue weighted by Crippen LogP contribution is 2.22. The lowest BCUT2D eigenvalue weighted by molar-refractivity contribution is 0.597. The fourth-order valence-electron chi connectivity index (χ4n) is 1.23. The van der Waals surface area contributed by atoms with Gasteiger partial charge < -0.3 is 5.32 Å². The molecule has 1 atom stereocenters. The van der Waals surface area contributed by atoms with Crippen molar-refractivity contribution in [3.63, 3.8) is 0 Å². The van der Waals surface area contributed by atoms with Crippen molar-refractivity contribution >= 4 is 15.9 Å². The Labute approximate surface area is 91.8 Å². The SMILES string of the molecule is C#CCC(NC)c1ccc(F)c(Br)c1. The molecule has 1 unspecified atom stereocenters. The maximum Gasteiger partial charge on any atom is 0.137 e. The van der Waals surface area contributed by atoms with E-state index in [0.29, 0.717) is 10.9 Å². The zero-order valence-corrected chi connectivity index (χ0v) is 9.44. The van der Waals surface area contributed by atoms with E-state index < -0.39 is 0 Å².